The number of esters is 1. The van der Waals surface area contributed by atoms with E-state index in [1.807, 2.05) is 12.1 Å². The van der Waals surface area contributed by atoms with E-state index in [1.54, 1.807) is 6.07 Å². The third-order valence-corrected chi connectivity index (χ3v) is 2.47. The highest BCUT2D eigenvalue weighted by molar-refractivity contribution is 9.10. The predicted molar refractivity (Wildman–Crippen MR) is 59.6 cm³/mol. The van der Waals surface area contributed by atoms with Gasteiger partial charge >= 0.3 is 5.97 Å². The second-order valence-corrected chi connectivity index (χ2v) is 4.34. The molecule has 0 atom stereocenters. The van der Waals surface area contributed by atoms with Crippen LogP contribution in [0.15, 0.2) is 22.7 Å². The fourth-order valence-corrected chi connectivity index (χ4v) is 1.69. The first-order chi connectivity index (χ1) is 6.54. The van der Waals surface area contributed by atoms with E-state index in [1.165, 1.54) is 7.11 Å². The summed E-state index contributed by atoms with van der Waals surface area (Å²) in [6.07, 6.45) is 0. The normalized spacial score (nSPS) is 10.4. The number of hydrogen-bond acceptors (Lipinski definition) is 2. The molecule has 76 valence electrons. The first kappa shape index (κ1) is 11.2. The molecule has 0 aliphatic carbocycles. The molecule has 1 aromatic rings. The molecular weight excluding hydrogens is 244 g/mol. The lowest BCUT2D eigenvalue weighted by molar-refractivity contribution is 0.0600. The van der Waals surface area contributed by atoms with Crippen molar-refractivity contribution in [3.63, 3.8) is 0 Å². The Hall–Kier alpha value is -0.830. The molecule has 0 bridgehead atoms. The molecule has 0 saturated carbocycles. The van der Waals surface area contributed by atoms with Gasteiger partial charge in [-0.25, -0.2) is 4.79 Å². The summed E-state index contributed by atoms with van der Waals surface area (Å²) in [6.45, 7) is 4.17. The van der Waals surface area contributed by atoms with Crippen molar-refractivity contribution in [2.75, 3.05) is 7.11 Å². The monoisotopic (exact) mass is 256 g/mol. The van der Waals surface area contributed by atoms with Crippen molar-refractivity contribution in [1.29, 1.82) is 0 Å². The van der Waals surface area contributed by atoms with Crippen LogP contribution in [-0.4, -0.2) is 13.1 Å². The van der Waals surface area contributed by atoms with Crippen LogP contribution in [0.1, 0.15) is 35.7 Å². The van der Waals surface area contributed by atoms with Gasteiger partial charge in [0.05, 0.1) is 12.7 Å². The summed E-state index contributed by atoms with van der Waals surface area (Å²) in [6, 6.07) is 5.64. The van der Waals surface area contributed by atoms with Gasteiger partial charge in [-0.05, 0) is 29.7 Å². The maximum Gasteiger partial charge on any atom is 0.337 e. The Morgan fingerprint density at radius 3 is 2.50 bits per heavy atom. The standard InChI is InChI=1S/C11H13BrO2/c1-7(2)8-4-9(11(13)14-3)6-10(12)5-8/h4-7H,1-3H3. The molecule has 2 nitrogen and oxygen atoms in total. The summed E-state index contributed by atoms with van der Waals surface area (Å²) in [4.78, 5) is 11.3. The highest BCUT2D eigenvalue weighted by atomic mass is 79.9. The number of benzene rings is 1. The molecule has 0 aliphatic heterocycles. The number of methoxy groups -OCH3 is 1. The quantitative estimate of drug-likeness (QED) is 0.759. The van der Waals surface area contributed by atoms with Crippen LogP contribution in [0.3, 0.4) is 0 Å². The molecule has 0 amide bonds. The van der Waals surface area contributed by atoms with Crippen LogP contribution < -0.4 is 0 Å². The lowest BCUT2D eigenvalue weighted by Gasteiger charge is -2.08. The summed E-state index contributed by atoms with van der Waals surface area (Å²) in [5, 5.41) is 0. The summed E-state index contributed by atoms with van der Waals surface area (Å²) < 4.78 is 5.57. The molecule has 0 radical (unpaired) electrons. The molecule has 3 heteroatoms. The second kappa shape index (κ2) is 4.60. The van der Waals surface area contributed by atoms with Gasteiger partial charge in [-0.15, -0.1) is 0 Å². The first-order valence-corrected chi connectivity index (χ1v) is 5.22. The maximum absolute atomic E-state index is 11.3. The summed E-state index contributed by atoms with van der Waals surface area (Å²) in [7, 11) is 1.39. The minimum atomic E-state index is -0.298. The Kier molecular flexibility index (Phi) is 3.69. The molecule has 0 saturated heterocycles. The Bertz CT molecular complexity index is 345. The van der Waals surface area contributed by atoms with E-state index in [2.05, 4.69) is 34.5 Å². The number of ether oxygens (including phenoxy) is 1. The van der Waals surface area contributed by atoms with Crippen molar-refractivity contribution in [1.82, 2.24) is 0 Å². The molecule has 1 aromatic carbocycles. The maximum atomic E-state index is 11.3. The van der Waals surface area contributed by atoms with Crippen LogP contribution in [0.2, 0.25) is 0 Å². The van der Waals surface area contributed by atoms with Gasteiger partial charge in [0.1, 0.15) is 0 Å². The van der Waals surface area contributed by atoms with E-state index >= 15 is 0 Å². The highest BCUT2D eigenvalue weighted by Gasteiger charge is 2.09. The third kappa shape index (κ3) is 2.58. The van der Waals surface area contributed by atoms with Crippen LogP contribution in [0.5, 0.6) is 0 Å². The molecule has 0 aromatic heterocycles. The van der Waals surface area contributed by atoms with Gasteiger partial charge in [0.2, 0.25) is 0 Å². The van der Waals surface area contributed by atoms with Crippen molar-refractivity contribution in [2.45, 2.75) is 19.8 Å². The van der Waals surface area contributed by atoms with Gasteiger partial charge in [0, 0.05) is 4.47 Å². The Labute approximate surface area is 92.4 Å². The van der Waals surface area contributed by atoms with Crippen molar-refractivity contribution >= 4 is 21.9 Å². The van der Waals surface area contributed by atoms with Gasteiger partial charge in [0.15, 0.2) is 0 Å². The van der Waals surface area contributed by atoms with E-state index in [9.17, 15) is 4.79 Å². The lowest BCUT2D eigenvalue weighted by Crippen LogP contribution is -2.02. The average molecular weight is 257 g/mol. The molecule has 0 unspecified atom stereocenters. The van der Waals surface area contributed by atoms with E-state index in [0.29, 0.717) is 11.5 Å². The Morgan fingerprint density at radius 1 is 1.36 bits per heavy atom. The number of hydrogen-bond donors (Lipinski definition) is 0. The van der Waals surface area contributed by atoms with Gasteiger partial charge in [0.25, 0.3) is 0 Å². The minimum Gasteiger partial charge on any atom is -0.465 e. The van der Waals surface area contributed by atoms with Gasteiger partial charge < -0.3 is 4.74 Å². The molecule has 0 heterocycles. The number of halogens is 1. The summed E-state index contributed by atoms with van der Waals surface area (Å²) in [5.41, 5.74) is 1.71. The van der Waals surface area contributed by atoms with Crippen LogP contribution in [0, 0.1) is 0 Å². The molecule has 1 rings (SSSR count). The SMILES string of the molecule is COC(=O)c1cc(Br)cc(C(C)C)c1. The van der Waals surface area contributed by atoms with E-state index in [-0.39, 0.29) is 5.97 Å². The van der Waals surface area contributed by atoms with Gasteiger partial charge in [-0.1, -0.05) is 29.8 Å². The summed E-state index contributed by atoms with van der Waals surface area (Å²) >= 11 is 3.37. The zero-order chi connectivity index (χ0) is 10.7. The van der Waals surface area contributed by atoms with Crippen molar-refractivity contribution in [3.05, 3.63) is 33.8 Å². The van der Waals surface area contributed by atoms with Crippen molar-refractivity contribution < 1.29 is 9.53 Å². The fraction of sp³-hybridized carbons (Fsp3) is 0.364. The number of carbonyl (C=O) groups excluding carboxylic acids is 1. The lowest BCUT2D eigenvalue weighted by atomic mass is 10.0. The molecule has 0 aliphatic rings. The average Bonchev–Trinajstić information content (AvgIpc) is 2.15. The summed E-state index contributed by atoms with van der Waals surface area (Å²) in [5.74, 6) is 0.101. The molecule has 0 spiro atoms. The first-order valence-electron chi connectivity index (χ1n) is 4.43. The van der Waals surface area contributed by atoms with E-state index in [4.69, 9.17) is 0 Å². The van der Waals surface area contributed by atoms with E-state index < -0.39 is 0 Å². The zero-order valence-corrected chi connectivity index (χ0v) is 10.1. The Morgan fingerprint density at radius 2 is 2.00 bits per heavy atom. The number of carbonyl (C=O) groups is 1. The highest BCUT2D eigenvalue weighted by Crippen LogP contribution is 2.22. The van der Waals surface area contributed by atoms with Gasteiger partial charge in [-0.3, -0.25) is 0 Å². The van der Waals surface area contributed by atoms with Crippen LogP contribution in [0.4, 0.5) is 0 Å². The zero-order valence-electron chi connectivity index (χ0n) is 8.50. The van der Waals surface area contributed by atoms with Crippen molar-refractivity contribution in [3.8, 4) is 0 Å². The van der Waals surface area contributed by atoms with Crippen LogP contribution in [-0.2, 0) is 4.74 Å². The predicted octanol–water partition coefficient (Wildman–Crippen LogP) is 3.36. The van der Waals surface area contributed by atoms with Gasteiger partial charge in [-0.2, -0.15) is 0 Å². The minimum absolute atomic E-state index is 0.298. The molecular formula is C11H13BrO2. The smallest absolute Gasteiger partial charge is 0.337 e. The van der Waals surface area contributed by atoms with Crippen LogP contribution in [0.25, 0.3) is 0 Å². The molecule has 0 N–H and O–H groups in total. The third-order valence-electron chi connectivity index (χ3n) is 2.01. The largest absolute Gasteiger partial charge is 0.465 e. The fourth-order valence-electron chi connectivity index (χ4n) is 1.18. The Balaban J connectivity index is 3.13. The van der Waals surface area contributed by atoms with E-state index in [0.717, 1.165) is 10.0 Å². The van der Waals surface area contributed by atoms with Crippen LogP contribution >= 0.6 is 15.9 Å². The number of rotatable bonds is 2. The molecule has 0 fully saturated rings. The second-order valence-electron chi connectivity index (χ2n) is 3.42. The molecule has 14 heavy (non-hydrogen) atoms. The topological polar surface area (TPSA) is 26.3 Å². The van der Waals surface area contributed by atoms with Crippen molar-refractivity contribution in [2.24, 2.45) is 0 Å².